The first kappa shape index (κ1) is 17.1. The summed E-state index contributed by atoms with van der Waals surface area (Å²) in [7, 11) is 3.69. The molecule has 0 saturated carbocycles. The second-order valence-electron chi connectivity index (χ2n) is 5.92. The maximum atomic E-state index is 9.79. The van der Waals surface area contributed by atoms with Crippen molar-refractivity contribution in [1.29, 1.82) is 0 Å². The Bertz CT molecular complexity index is 434. The Morgan fingerprint density at radius 2 is 2.20 bits per heavy atom. The molecular formula is C15H25ClN2O2. The first-order valence-corrected chi connectivity index (χ1v) is 6.78. The van der Waals surface area contributed by atoms with Gasteiger partial charge in [-0.2, -0.15) is 0 Å². The maximum Gasteiger partial charge on any atom is 0.160 e. The molecule has 5 heteroatoms. The van der Waals surface area contributed by atoms with Gasteiger partial charge >= 0.3 is 0 Å². The fraction of sp³-hybridized carbons (Fsp3) is 0.600. The second-order valence-corrected chi connectivity index (χ2v) is 5.92. The lowest BCUT2D eigenvalue weighted by Gasteiger charge is -2.29. The smallest absolute Gasteiger partial charge is 0.160 e. The van der Waals surface area contributed by atoms with Gasteiger partial charge in [0.1, 0.15) is 0 Å². The standard InChI is InChI=1S/C15H24N2O2.ClH/c1-15(6-7-16-10-15)11-17(2)9-12-4-5-14(19-3)13(18)8-12;/h4-5,8,16,18H,6-7,9-11H2,1-3H3;1H. The number of nitrogens with one attached hydrogen (secondary N) is 1. The summed E-state index contributed by atoms with van der Waals surface area (Å²) < 4.78 is 5.06. The highest BCUT2D eigenvalue weighted by molar-refractivity contribution is 5.85. The number of rotatable bonds is 5. The molecule has 1 atom stereocenters. The molecule has 4 nitrogen and oxygen atoms in total. The summed E-state index contributed by atoms with van der Waals surface area (Å²) in [5, 5.41) is 13.2. The molecule has 1 aliphatic rings. The molecule has 0 aromatic heterocycles. The van der Waals surface area contributed by atoms with Gasteiger partial charge in [0, 0.05) is 19.6 Å². The van der Waals surface area contributed by atoms with Crippen molar-refractivity contribution in [3.05, 3.63) is 23.8 Å². The molecule has 0 bridgehead atoms. The average Bonchev–Trinajstić information content (AvgIpc) is 2.75. The molecule has 2 rings (SSSR count). The molecule has 1 aromatic carbocycles. The van der Waals surface area contributed by atoms with Crippen LogP contribution in [-0.2, 0) is 6.54 Å². The Kier molecular flexibility index (Phi) is 6.11. The fourth-order valence-corrected chi connectivity index (χ4v) is 2.86. The zero-order chi connectivity index (χ0) is 13.9. The van der Waals surface area contributed by atoms with E-state index in [4.69, 9.17) is 4.74 Å². The van der Waals surface area contributed by atoms with E-state index in [1.165, 1.54) is 6.42 Å². The fourth-order valence-electron chi connectivity index (χ4n) is 2.86. The molecule has 2 N–H and O–H groups in total. The largest absolute Gasteiger partial charge is 0.504 e. The van der Waals surface area contributed by atoms with E-state index in [2.05, 4.69) is 24.2 Å². The molecule has 0 amide bonds. The van der Waals surface area contributed by atoms with Gasteiger partial charge in [-0.25, -0.2) is 0 Å². The van der Waals surface area contributed by atoms with Crippen molar-refractivity contribution in [2.75, 3.05) is 33.8 Å². The maximum absolute atomic E-state index is 9.79. The van der Waals surface area contributed by atoms with Crippen LogP contribution in [-0.4, -0.2) is 43.8 Å². The van der Waals surface area contributed by atoms with Crippen molar-refractivity contribution in [3.63, 3.8) is 0 Å². The quantitative estimate of drug-likeness (QED) is 0.875. The number of halogens is 1. The lowest BCUT2D eigenvalue weighted by molar-refractivity contribution is 0.203. The number of phenols is 1. The summed E-state index contributed by atoms with van der Waals surface area (Å²) in [5.74, 6) is 0.737. The van der Waals surface area contributed by atoms with Gasteiger partial charge < -0.3 is 20.1 Å². The molecular weight excluding hydrogens is 276 g/mol. The Morgan fingerprint density at radius 1 is 1.45 bits per heavy atom. The van der Waals surface area contributed by atoms with Crippen molar-refractivity contribution in [2.45, 2.75) is 19.9 Å². The monoisotopic (exact) mass is 300 g/mol. The minimum atomic E-state index is 0. The van der Waals surface area contributed by atoms with Crippen LogP contribution in [0.1, 0.15) is 18.9 Å². The summed E-state index contributed by atoms with van der Waals surface area (Å²) in [6.07, 6.45) is 1.23. The summed E-state index contributed by atoms with van der Waals surface area (Å²) in [6.45, 7) is 6.44. The lowest BCUT2D eigenvalue weighted by Crippen LogP contribution is -2.34. The Labute approximate surface area is 127 Å². The van der Waals surface area contributed by atoms with Crippen molar-refractivity contribution in [3.8, 4) is 11.5 Å². The minimum absolute atomic E-state index is 0. The third kappa shape index (κ3) is 4.27. The number of benzene rings is 1. The van der Waals surface area contributed by atoms with Gasteiger partial charge in [0.05, 0.1) is 7.11 Å². The van der Waals surface area contributed by atoms with Crippen molar-refractivity contribution < 1.29 is 9.84 Å². The zero-order valence-corrected chi connectivity index (χ0v) is 13.3. The van der Waals surface area contributed by atoms with E-state index in [0.29, 0.717) is 11.2 Å². The highest BCUT2D eigenvalue weighted by Crippen LogP contribution is 2.28. The first-order chi connectivity index (χ1) is 9.02. The molecule has 1 fully saturated rings. The predicted octanol–water partition coefficient (Wildman–Crippen LogP) is 2.25. The number of ether oxygens (including phenoxy) is 1. The molecule has 1 heterocycles. The number of hydrogen-bond acceptors (Lipinski definition) is 4. The van der Waals surface area contributed by atoms with E-state index < -0.39 is 0 Å². The van der Waals surface area contributed by atoms with Gasteiger partial charge in [-0.15, -0.1) is 12.4 Å². The van der Waals surface area contributed by atoms with E-state index in [-0.39, 0.29) is 18.2 Å². The highest BCUT2D eigenvalue weighted by Gasteiger charge is 2.29. The molecule has 20 heavy (non-hydrogen) atoms. The first-order valence-electron chi connectivity index (χ1n) is 6.78. The second kappa shape index (κ2) is 7.16. The van der Waals surface area contributed by atoms with Crippen LogP contribution in [0.3, 0.4) is 0 Å². The molecule has 0 spiro atoms. The van der Waals surface area contributed by atoms with Gasteiger partial charge in [-0.3, -0.25) is 0 Å². The molecule has 0 aliphatic carbocycles. The predicted molar refractivity (Wildman–Crippen MR) is 83.8 cm³/mol. The van der Waals surface area contributed by atoms with Gasteiger partial charge in [0.2, 0.25) is 0 Å². The normalized spacial score (nSPS) is 21.8. The molecule has 1 aliphatic heterocycles. The molecule has 1 saturated heterocycles. The van der Waals surface area contributed by atoms with Gasteiger partial charge in [0.15, 0.2) is 11.5 Å². The SMILES string of the molecule is COc1ccc(CN(C)CC2(C)CCNC2)cc1O.Cl. The van der Waals surface area contributed by atoms with E-state index >= 15 is 0 Å². The number of methoxy groups -OCH3 is 1. The lowest BCUT2D eigenvalue weighted by atomic mass is 9.89. The third-order valence-corrected chi connectivity index (χ3v) is 3.80. The molecule has 1 unspecified atom stereocenters. The van der Waals surface area contributed by atoms with Crippen molar-refractivity contribution in [2.24, 2.45) is 5.41 Å². The van der Waals surface area contributed by atoms with Crippen LogP contribution in [0.15, 0.2) is 18.2 Å². The summed E-state index contributed by atoms with van der Waals surface area (Å²) in [4.78, 5) is 2.31. The van der Waals surface area contributed by atoms with E-state index in [0.717, 1.165) is 31.7 Å². The van der Waals surface area contributed by atoms with Gasteiger partial charge in [-0.05, 0) is 43.1 Å². The van der Waals surface area contributed by atoms with Crippen LogP contribution in [0.4, 0.5) is 0 Å². The number of hydrogen-bond donors (Lipinski definition) is 2. The van der Waals surface area contributed by atoms with Crippen LogP contribution >= 0.6 is 12.4 Å². The van der Waals surface area contributed by atoms with E-state index in [9.17, 15) is 5.11 Å². The molecule has 0 radical (unpaired) electrons. The van der Waals surface area contributed by atoms with E-state index in [1.54, 1.807) is 13.2 Å². The van der Waals surface area contributed by atoms with Gasteiger partial charge in [-0.1, -0.05) is 13.0 Å². The minimum Gasteiger partial charge on any atom is -0.504 e. The zero-order valence-electron chi connectivity index (χ0n) is 12.5. The molecule has 1 aromatic rings. The summed E-state index contributed by atoms with van der Waals surface area (Å²) in [5.41, 5.74) is 1.47. The van der Waals surface area contributed by atoms with Crippen LogP contribution in [0.25, 0.3) is 0 Å². The summed E-state index contributed by atoms with van der Waals surface area (Å²) in [6, 6.07) is 5.60. The van der Waals surface area contributed by atoms with Crippen molar-refractivity contribution >= 4 is 12.4 Å². The average molecular weight is 301 g/mol. The van der Waals surface area contributed by atoms with Crippen LogP contribution in [0.2, 0.25) is 0 Å². The number of aromatic hydroxyl groups is 1. The Balaban J connectivity index is 0.00000200. The van der Waals surface area contributed by atoms with E-state index in [1.807, 2.05) is 12.1 Å². The number of phenolic OH excluding ortho intramolecular Hbond substituents is 1. The molecule has 114 valence electrons. The third-order valence-electron chi connectivity index (χ3n) is 3.80. The highest BCUT2D eigenvalue weighted by atomic mass is 35.5. The van der Waals surface area contributed by atoms with Gasteiger partial charge in [0.25, 0.3) is 0 Å². The summed E-state index contributed by atoms with van der Waals surface area (Å²) >= 11 is 0. The van der Waals surface area contributed by atoms with Crippen molar-refractivity contribution in [1.82, 2.24) is 10.2 Å². The topological polar surface area (TPSA) is 44.7 Å². The Morgan fingerprint density at radius 3 is 2.75 bits per heavy atom. The number of nitrogens with zero attached hydrogens (tertiary/aromatic N) is 1. The van der Waals surface area contributed by atoms with Crippen LogP contribution in [0, 0.1) is 5.41 Å². The Hall–Kier alpha value is -0.970. The van der Waals surface area contributed by atoms with Crippen LogP contribution < -0.4 is 10.1 Å². The van der Waals surface area contributed by atoms with Crippen LogP contribution in [0.5, 0.6) is 11.5 Å².